The van der Waals surface area contributed by atoms with Crippen LogP contribution in [0.2, 0.25) is 15.1 Å². The summed E-state index contributed by atoms with van der Waals surface area (Å²) in [6, 6.07) is 9.83. The first-order valence-corrected chi connectivity index (χ1v) is 6.77. The molecule has 0 aliphatic rings. The molecule has 2 aromatic carbocycles. The SMILES string of the molecule is O=C(/C=C/c1ccccc1Cl)c1cc(Cl)cc(Cl)c1O. The molecule has 0 saturated carbocycles. The van der Waals surface area contributed by atoms with Gasteiger partial charge in [0.2, 0.25) is 0 Å². The maximum Gasteiger partial charge on any atom is 0.189 e. The van der Waals surface area contributed by atoms with Crippen molar-refractivity contribution in [1.29, 1.82) is 0 Å². The highest BCUT2D eigenvalue weighted by Crippen LogP contribution is 2.31. The summed E-state index contributed by atoms with van der Waals surface area (Å²) in [6.07, 6.45) is 2.88. The van der Waals surface area contributed by atoms with E-state index < -0.39 is 5.78 Å². The molecule has 0 atom stereocenters. The number of carbonyl (C=O) groups excluding carboxylic acids is 1. The number of phenols is 1. The first kappa shape index (κ1) is 14.9. The minimum Gasteiger partial charge on any atom is -0.506 e. The zero-order valence-electron chi connectivity index (χ0n) is 10.1. The van der Waals surface area contributed by atoms with E-state index in [4.69, 9.17) is 34.8 Å². The molecule has 2 rings (SSSR count). The maximum absolute atomic E-state index is 12.0. The lowest BCUT2D eigenvalue weighted by Crippen LogP contribution is -1.95. The van der Waals surface area contributed by atoms with Gasteiger partial charge in [-0.15, -0.1) is 0 Å². The summed E-state index contributed by atoms with van der Waals surface area (Å²) in [5.74, 6) is -0.698. The summed E-state index contributed by atoms with van der Waals surface area (Å²) in [4.78, 5) is 12.0. The van der Waals surface area contributed by atoms with E-state index in [2.05, 4.69) is 0 Å². The molecule has 0 aromatic heterocycles. The predicted octanol–water partition coefficient (Wildman–Crippen LogP) is 5.25. The number of aromatic hydroxyl groups is 1. The molecule has 0 bridgehead atoms. The molecule has 0 radical (unpaired) electrons. The van der Waals surface area contributed by atoms with Gasteiger partial charge in [-0.1, -0.05) is 53.0 Å². The van der Waals surface area contributed by atoms with Crippen LogP contribution in [0.25, 0.3) is 6.08 Å². The van der Waals surface area contributed by atoms with Gasteiger partial charge in [-0.05, 0) is 35.9 Å². The monoisotopic (exact) mass is 326 g/mol. The Labute approximate surface area is 131 Å². The number of phenolic OH excluding ortho intramolecular Hbond substituents is 1. The Morgan fingerprint density at radius 1 is 1.05 bits per heavy atom. The van der Waals surface area contributed by atoms with Crippen molar-refractivity contribution < 1.29 is 9.90 Å². The molecule has 2 nitrogen and oxygen atoms in total. The van der Waals surface area contributed by atoms with E-state index in [1.54, 1.807) is 24.3 Å². The standard InChI is InChI=1S/C15H9Cl3O2/c16-10-7-11(15(20)13(18)8-10)14(19)6-5-9-3-1-2-4-12(9)17/h1-8,20H/b6-5+. The van der Waals surface area contributed by atoms with Gasteiger partial charge in [0.25, 0.3) is 0 Å². The van der Waals surface area contributed by atoms with Crippen molar-refractivity contribution in [1.82, 2.24) is 0 Å². The second kappa shape index (κ2) is 6.31. The first-order valence-electron chi connectivity index (χ1n) is 5.64. The molecule has 0 fully saturated rings. The van der Waals surface area contributed by atoms with Crippen LogP contribution in [-0.4, -0.2) is 10.9 Å². The van der Waals surface area contributed by atoms with Gasteiger partial charge in [0.15, 0.2) is 5.78 Å². The summed E-state index contributed by atoms with van der Waals surface area (Å²) in [5.41, 5.74) is 0.751. The van der Waals surface area contributed by atoms with Gasteiger partial charge in [0, 0.05) is 10.0 Å². The van der Waals surface area contributed by atoms with Crippen LogP contribution in [0, 0.1) is 0 Å². The first-order chi connectivity index (χ1) is 9.49. The molecule has 0 unspecified atom stereocenters. The predicted molar refractivity (Wildman–Crippen MR) is 82.9 cm³/mol. The van der Waals surface area contributed by atoms with Crippen LogP contribution in [0.15, 0.2) is 42.5 Å². The highest BCUT2D eigenvalue weighted by molar-refractivity contribution is 6.36. The number of rotatable bonds is 3. The topological polar surface area (TPSA) is 37.3 Å². The third kappa shape index (κ3) is 3.34. The molecule has 102 valence electrons. The van der Waals surface area contributed by atoms with E-state index in [-0.39, 0.29) is 21.4 Å². The molecule has 0 amide bonds. The van der Waals surface area contributed by atoms with Gasteiger partial charge < -0.3 is 5.11 Å². The number of benzene rings is 2. The van der Waals surface area contributed by atoms with E-state index in [0.29, 0.717) is 10.6 Å². The minimum absolute atomic E-state index is 0.0343. The Bertz CT molecular complexity index is 694. The van der Waals surface area contributed by atoms with Gasteiger partial charge in [0.1, 0.15) is 5.75 Å². The molecule has 0 spiro atoms. The fraction of sp³-hybridized carbons (Fsp3) is 0. The zero-order valence-corrected chi connectivity index (χ0v) is 12.4. The lowest BCUT2D eigenvalue weighted by Gasteiger charge is -2.04. The van der Waals surface area contributed by atoms with Crippen molar-refractivity contribution in [3.8, 4) is 5.75 Å². The number of halogens is 3. The van der Waals surface area contributed by atoms with Gasteiger partial charge in [-0.3, -0.25) is 4.79 Å². The Morgan fingerprint density at radius 2 is 1.75 bits per heavy atom. The Balaban J connectivity index is 2.32. The molecule has 2 aromatic rings. The summed E-state index contributed by atoms with van der Waals surface area (Å²) in [5, 5.41) is 10.6. The van der Waals surface area contributed by atoms with Crippen molar-refractivity contribution in [3.63, 3.8) is 0 Å². The maximum atomic E-state index is 12.0. The van der Waals surface area contributed by atoms with Crippen LogP contribution >= 0.6 is 34.8 Å². The quantitative estimate of drug-likeness (QED) is 0.617. The third-order valence-corrected chi connectivity index (χ3v) is 3.46. The number of allylic oxidation sites excluding steroid dienone is 1. The van der Waals surface area contributed by atoms with Crippen LogP contribution in [-0.2, 0) is 0 Å². The lowest BCUT2D eigenvalue weighted by molar-refractivity contribution is 0.104. The Hall–Kier alpha value is -1.48. The lowest BCUT2D eigenvalue weighted by atomic mass is 10.1. The molecular weight excluding hydrogens is 319 g/mol. The molecule has 0 heterocycles. The van der Waals surface area contributed by atoms with Crippen LogP contribution < -0.4 is 0 Å². The molecule has 0 saturated heterocycles. The van der Waals surface area contributed by atoms with Crippen molar-refractivity contribution in [3.05, 3.63) is 68.7 Å². The zero-order chi connectivity index (χ0) is 14.7. The van der Waals surface area contributed by atoms with Crippen molar-refractivity contribution >= 4 is 46.7 Å². The highest BCUT2D eigenvalue weighted by Gasteiger charge is 2.13. The van der Waals surface area contributed by atoms with Crippen molar-refractivity contribution in [2.75, 3.05) is 0 Å². The molecule has 0 aliphatic heterocycles. The molecule has 20 heavy (non-hydrogen) atoms. The smallest absolute Gasteiger partial charge is 0.189 e. The fourth-order valence-electron chi connectivity index (χ4n) is 1.62. The molecule has 1 N–H and O–H groups in total. The van der Waals surface area contributed by atoms with Gasteiger partial charge in [-0.25, -0.2) is 0 Å². The Morgan fingerprint density at radius 3 is 2.45 bits per heavy atom. The number of carbonyl (C=O) groups is 1. The second-order valence-corrected chi connectivity index (χ2v) is 5.25. The Kier molecular flexibility index (Phi) is 4.71. The van der Waals surface area contributed by atoms with Gasteiger partial charge in [-0.2, -0.15) is 0 Å². The average Bonchev–Trinajstić information content (AvgIpc) is 2.41. The van der Waals surface area contributed by atoms with E-state index in [1.807, 2.05) is 6.07 Å². The molecule has 0 aliphatic carbocycles. The average molecular weight is 328 g/mol. The number of ketones is 1. The largest absolute Gasteiger partial charge is 0.506 e. The minimum atomic E-state index is -0.410. The van der Waals surface area contributed by atoms with Gasteiger partial charge >= 0.3 is 0 Å². The molecular formula is C15H9Cl3O2. The second-order valence-electron chi connectivity index (χ2n) is 4.00. The summed E-state index contributed by atoms with van der Waals surface area (Å²) in [6.45, 7) is 0. The van der Waals surface area contributed by atoms with E-state index in [0.717, 1.165) is 0 Å². The van der Waals surface area contributed by atoms with Crippen LogP contribution in [0.3, 0.4) is 0 Å². The molecule has 5 heteroatoms. The number of hydrogen-bond acceptors (Lipinski definition) is 2. The summed E-state index contributed by atoms with van der Waals surface area (Å²) >= 11 is 17.6. The van der Waals surface area contributed by atoms with Crippen LogP contribution in [0.1, 0.15) is 15.9 Å². The normalized spacial score (nSPS) is 10.9. The number of hydrogen-bond donors (Lipinski definition) is 1. The summed E-state index contributed by atoms with van der Waals surface area (Å²) < 4.78 is 0. The van der Waals surface area contributed by atoms with E-state index in [1.165, 1.54) is 18.2 Å². The van der Waals surface area contributed by atoms with E-state index >= 15 is 0 Å². The van der Waals surface area contributed by atoms with Crippen LogP contribution in [0.4, 0.5) is 0 Å². The summed E-state index contributed by atoms with van der Waals surface area (Å²) in [7, 11) is 0. The van der Waals surface area contributed by atoms with Gasteiger partial charge in [0.05, 0.1) is 10.6 Å². The van der Waals surface area contributed by atoms with E-state index in [9.17, 15) is 9.90 Å². The fourth-order valence-corrected chi connectivity index (χ4v) is 2.31. The highest BCUT2D eigenvalue weighted by atomic mass is 35.5. The van der Waals surface area contributed by atoms with Crippen LogP contribution in [0.5, 0.6) is 5.75 Å². The van der Waals surface area contributed by atoms with Crippen molar-refractivity contribution in [2.45, 2.75) is 0 Å². The van der Waals surface area contributed by atoms with Crippen molar-refractivity contribution in [2.24, 2.45) is 0 Å². The third-order valence-electron chi connectivity index (χ3n) is 2.61.